The zero-order valence-electron chi connectivity index (χ0n) is 26.7. The molecule has 0 N–H and O–H groups in total. The summed E-state index contributed by atoms with van der Waals surface area (Å²) in [6.07, 6.45) is 2.04. The fourth-order valence-corrected chi connectivity index (χ4v) is 8.17. The molecule has 6 aromatic carbocycles. The lowest BCUT2D eigenvalue weighted by molar-refractivity contribution is 1.07. The van der Waals surface area contributed by atoms with Crippen LogP contribution < -0.4 is 0 Å². The standard InChI is InChI=1S/C44H27N5S/c1-4-14-28(15-5-1)31-24-32(43-47-41(29-16-6-2-7-17-29)46-42(48-43)30-18-8-3-9-19-30)26-33(25-31)49-37-22-12-10-21-35(37)39-40-36(27-45-44(39)49)34-20-11-13-23-38(34)50-40/h1-27H. The summed E-state index contributed by atoms with van der Waals surface area (Å²) in [6, 6.07) is 54.6. The number of benzene rings is 6. The quantitative estimate of drug-likeness (QED) is 0.185. The molecule has 0 fully saturated rings. The molecular formula is C44H27N5S. The number of para-hydroxylation sites is 1. The maximum Gasteiger partial charge on any atom is 0.164 e. The first-order chi connectivity index (χ1) is 24.8. The molecule has 4 aromatic heterocycles. The monoisotopic (exact) mass is 657 g/mol. The molecule has 0 aliphatic rings. The molecule has 5 nitrogen and oxygen atoms in total. The first kappa shape index (κ1) is 28.5. The molecule has 0 radical (unpaired) electrons. The first-order valence-electron chi connectivity index (χ1n) is 16.6. The molecule has 50 heavy (non-hydrogen) atoms. The Morgan fingerprint density at radius 1 is 0.440 bits per heavy atom. The number of aromatic nitrogens is 5. The van der Waals surface area contributed by atoms with Crippen LogP contribution in [0.15, 0.2) is 164 Å². The van der Waals surface area contributed by atoms with Crippen LogP contribution in [0.5, 0.6) is 0 Å². The molecule has 10 rings (SSSR count). The van der Waals surface area contributed by atoms with Gasteiger partial charge in [0.25, 0.3) is 0 Å². The van der Waals surface area contributed by atoms with Gasteiger partial charge in [0.05, 0.1) is 5.52 Å². The lowest BCUT2D eigenvalue weighted by Gasteiger charge is -2.14. The summed E-state index contributed by atoms with van der Waals surface area (Å²) in [5, 5.41) is 4.78. The van der Waals surface area contributed by atoms with Crippen molar-refractivity contribution >= 4 is 53.4 Å². The van der Waals surface area contributed by atoms with Gasteiger partial charge in [-0.15, -0.1) is 11.3 Å². The van der Waals surface area contributed by atoms with E-state index in [2.05, 4.69) is 95.6 Å². The topological polar surface area (TPSA) is 56.5 Å². The van der Waals surface area contributed by atoms with Gasteiger partial charge < -0.3 is 0 Å². The predicted octanol–water partition coefficient (Wildman–Crippen LogP) is 11.4. The Labute approximate surface area is 291 Å². The van der Waals surface area contributed by atoms with E-state index in [1.165, 1.54) is 30.9 Å². The number of pyridine rings is 1. The SMILES string of the molecule is c1ccc(-c2cc(-c3nc(-c4ccccc4)nc(-c4ccccc4)n3)cc(-n3c4ccccc4c4c5sc6ccccc6c5cnc43)c2)cc1. The van der Waals surface area contributed by atoms with E-state index in [0.717, 1.165) is 44.7 Å². The van der Waals surface area contributed by atoms with E-state index in [0.29, 0.717) is 17.5 Å². The van der Waals surface area contributed by atoms with Gasteiger partial charge in [-0.2, -0.15) is 0 Å². The lowest BCUT2D eigenvalue weighted by atomic mass is 10.0. The Bertz CT molecular complexity index is 2800. The van der Waals surface area contributed by atoms with Crippen LogP contribution in [0.25, 0.3) is 93.1 Å². The van der Waals surface area contributed by atoms with Gasteiger partial charge >= 0.3 is 0 Å². The molecule has 0 unspecified atom stereocenters. The number of hydrogen-bond donors (Lipinski definition) is 0. The minimum Gasteiger partial charge on any atom is -0.294 e. The van der Waals surface area contributed by atoms with Crippen molar-refractivity contribution in [2.75, 3.05) is 0 Å². The maximum atomic E-state index is 5.19. The van der Waals surface area contributed by atoms with Crippen molar-refractivity contribution in [3.05, 3.63) is 164 Å². The second-order valence-electron chi connectivity index (χ2n) is 12.3. The van der Waals surface area contributed by atoms with Gasteiger partial charge in [-0.1, -0.05) is 127 Å². The van der Waals surface area contributed by atoms with Gasteiger partial charge in [0.15, 0.2) is 17.5 Å². The van der Waals surface area contributed by atoms with Crippen molar-refractivity contribution in [3.63, 3.8) is 0 Å². The summed E-state index contributed by atoms with van der Waals surface area (Å²) in [6.45, 7) is 0. The highest BCUT2D eigenvalue weighted by Gasteiger charge is 2.20. The molecule has 0 spiro atoms. The molecular weight excluding hydrogens is 631 g/mol. The van der Waals surface area contributed by atoms with Crippen molar-refractivity contribution in [3.8, 4) is 51.0 Å². The zero-order chi connectivity index (χ0) is 33.0. The smallest absolute Gasteiger partial charge is 0.164 e. The Morgan fingerprint density at radius 3 is 1.66 bits per heavy atom. The van der Waals surface area contributed by atoms with Gasteiger partial charge in [-0.05, 0) is 41.5 Å². The fraction of sp³-hybridized carbons (Fsp3) is 0. The number of thiophene rings is 1. The lowest BCUT2D eigenvalue weighted by Crippen LogP contribution is -2.02. The number of nitrogens with zero attached hydrogens (tertiary/aromatic N) is 5. The maximum absolute atomic E-state index is 5.19. The molecule has 0 amide bonds. The second kappa shape index (κ2) is 11.6. The van der Waals surface area contributed by atoms with Crippen molar-refractivity contribution in [1.82, 2.24) is 24.5 Å². The Hall–Kier alpha value is -6.50. The second-order valence-corrected chi connectivity index (χ2v) is 13.4. The van der Waals surface area contributed by atoms with Crippen LogP contribution in [-0.4, -0.2) is 24.5 Å². The van der Waals surface area contributed by atoms with Crippen LogP contribution in [0.1, 0.15) is 0 Å². The molecule has 0 aliphatic carbocycles. The van der Waals surface area contributed by atoms with Crippen LogP contribution in [-0.2, 0) is 0 Å². The molecule has 0 saturated carbocycles. The average molecular weight is 658 g/mol. The Morgan fingerprint density at radius 2 is 0.980 bits per heavy atom. The number of fused-ring (bicyclic) bond motifs is 7. The van der Waals surface area contributed by atoms with Crippen molar-refractivity contribution in [1.29, 1.82) is 0 Å². The van der Waals surface area contributed by atoms with E-state index in [-0.39, 0.29) is 0 Å². The largest absolute Gasteiger partial charge is 0.294 e. The summed E-state index contributed by atoms with van der Waals surface area (Å²) in [5.41, 5.74) is 7.95. The summed E-state index contributed by atoms with van der Waals surface area (Å²) < 4.78 is 4.81. The van der Waals surface area contributed by atoms with Crippen LogP contribution in [0, 0.1) is 0 Å². The van der Waals surface area contributed by atoms with Crippen LogP contribution in [0.2, 0.25) is 0 Å². The highest BCUT2D eigenvalue weighted by atomic mass is 32.1. The summed E-state index contributed by atoms with van der Waals surface area (Å²) >= 11 is 1.83. The van der Waals surface area contributed by atoms with E-state index in [4.69, 9.17) is 19.9 Å². The fourth-order valence-electron chi connectivity index (χ4n) is 6.94. The van der Waals surface area contributed by atoms with Crippen molar-refractivity contribution < 1.29 is 0 Å². The summed E-state index contributed by atoms with van der Waals surface area (Å²) in [7, 11) is 0. The molecule has 4 heterocycles. The minimum absolute atomic E-state index is 0.609. The van der Waals surface area contributed by atoms with E-state index < -0.39 is 0 Å². The third-order valence-corrected chi connectivity index (χ3v) is 10.5. The average Bonchev–Trinajstić information content (AvgIpc) is 3.74. The van der Waals surface area contributed by atoms with E-state index in [1.54, 1.807) is 0 Å². The number of hydrogen-bond acceptors (Lipinski definition) is 5. The minimum atomic E-state index is 0.609. The molecule has 234 valence electrons. The highest BCUT2D eigenvalue weighted by molar-refractivity contribution is 7.26. The summed E-state index contributed by atoms with van der Waals surface area (Å²) in [4.78, 5) is 20.3. The Balaban J connectivity index is 1.27. The van der Waals surface area contributed by atoms with Gasteiger partial charge in [0.1, 0.15) is 5.65 Å². The van der Waals surface area contributed by atoms with Gasteiger partial charge in [-0.3, -0.25) is 4.57 Å². The van der Waals surface area contributed by atoms with Gasteiger partial charge in [0.2, 0.25) is 0 Å². The summed E-state index contributed by atoms with van der Waals surface area (Å²) in [5.74, 6) is 1.87. The number of rotatable bonds is 5. The molecule has 10 aromatic rings. The molecule has 0 bridgehead atoms. The first-order valence-corrected chi connectivity index (χ1v) is 17.4. The van der Waals surface area contributed by atoms with E-state index in [1.807, 2.05) is 84.3 Å². The van der Waals surface area contributed by atoms with E-state index >= 15 is 0 Å². The predicted molar refractivity (Wildman–Crippen MR) is 207 cm³/mol. The molecule has 0 aliphatic heterocycles. The zero-order valence-corrected chi connectivity index (χ0v) is 27.5. The van der Waals surface area contributed by atoms with Crippen molar-refractivity contribution in [2.45, 2.75) is 0 Å². The Kier molecular flexibility index (Phi) is 6.60. The van der Waals surface area contributed by atoms with Crippen LogP contribution in [0.3, 0.4) is 0 Å². The van der Waals surface area contributed by atoms with Gasteiger partial charge in [-0.25, -0.2) is 19.9 Å². The van der Waals surface area contributed by atoms with Crippen LogP contribution >= 0.6 is 11.3 Å². The third-order valence-electron chi connectivity index (χ3n) is 9.27. The normalized spacial score (nSPS) is 11.6. The molecule has 0 saturated heterocycles. The highest BCUT2D eigenvalue weighted by Crippen LogP contribution is 2.43. The molecule has 0 atom stereocenters. The van der Waals surface area contributed by atoms with Crippen LogP contribution in [0.4, 0.5) is 0 Å². The third kappa shape index (κ3) is 4.69. The molecule has 6 heteroatoms. The van der Waals surface area contributed by atoms with Crippen molar-refractivity contribution in [2.24, 2.45) is 0 Å². The van der Waals surface area contributed by atoms with Gasteiger partial charge in [0, 0.05) is 59.5 Å². The van der Waals surface area contributed by atoms with E-state index in [9.17, 15) is 0 Å².